The van der Waals surface area contributed by atoms with Gasteiger partial charge in [-0.2, -0.15) is 0 Å². The van der Waals surface area contributed by atoms with Gasteiger partial charge in [-0.25, -0.2) is 4.79 Å². The zero-order valence-corrected chi connectivity index (χ0v) is 9.40. The summed E-state index contributed by atoms with van der Waals surface area (Å²) < 4.78 is 10.2. The van der Waals surface area contributed by atoms with Crippen LogP contribution < -0.4 is 9.47 Å². The molecule has 0 N–H and O–H groups in total. The molecule has 1 aromatic carbocycles. The van der Waals surface area contributed by atoms with E-state index >= 15 is 0 Å². The van der Waals surface area contributed by atoms with Crippen molar-refractivity contribution >= 4 is 6.09 Å². The fraction of sp³-hybridized carbons (Fsp3) is 0.364. The number of carbonyl (C=O) groups is 1. The van der Waals surface area contributed by atoms with Crippen LogP contribution in [0.3, 0.4) is 0 Å². The van der Waals surface area contributed by atoms with Crippen LogP contribution >= 0.6 is 0 Å². The molecule has 0 aliphatic carbocycles. The quantitative estimate of drug-likeness (QED) is 0.748. The first-order valence-electron chi connectivity index (χ1n) is 4.57. The van der Waals surface area contributed by atoms with Gasteiger partial charge < -0.3 is 14.4 Å². The van der Waals surface area contributed by atoms with Crippen molar-refractivity contribution in [2.24, 2.45) is 0 Å². The van der Waals surface area contributed by atoms with Gasteiger partial charge in [-0.3, -0.25) is 0 Å². The van der Waals surface area contributed by atoms with Gasteiger partial charge >= 0.3 is 6.09 Å². The van der Waals surface area contributed by atoms with E-state index in [1.807, 2.05) is 13.0 Å². The third-order valence-corrected chi connectivity index (χ3v) is 1.83. The van der Waals surface area contributed by atoms with E-state index in [0.717, 1.165) is 5.56 Å². The topological polar surface area (TPSA) is 38.8 Å². The summed E-state index contributed by atoms with van der Waals surface area (Å²) in [6, 6.07) is 5.32. The van der Waals surface area contributed by atoms with E-state index in [1.165, 1.54) is 4.90 Å². The van der Waals surface area contributed by atoms with Crippen LogP contribution in [0.15, 0.2) is 18.2 Å². The van der Waals surface area contributed by atoms with Gasteiger partial charge in [0.25, 0.3) is 0 Å². The molecule has 0 aliphatic rings. The lowest BCUT2D eigenvalue weighted by atomic mass is 10.2. The van der Waals surface area contributed by atoms with Crippen LogP contribution in [0.5, 0.6) is 11.5 Å². The van der Waals surface area contributed by atoms with Gasteiger partial charge in [0.1, 0.15) is 11.5 Å². The molecule has 0 radical (unpaired) electrons. The standard InChI is InChI=1S/C11H15NO3/c1-8-5-9(14-4)7-10(6-8)15-11(13)12(2)3/h5-7H,1-4H3. The first kappa shape index (κ1) is 11.4. The number of aryl methyl sites for hydroxylation is 1. The number of carbonyl (C=O) groups excluding carboxylic acids is 1. The maximum Gasteiger partial charge on any atom is 0.414 e. The minimum atomic E-state index is -0.400. The molecule has 15 heavy (non-hydrogen) atoms. The maximum atomic E-state index is 11.3. The predicted molar refractivity (Wildman–Crippen MR) is 57.4 cm³/mol. The molecular formula is C11H15NO3. The third-order valence-electron chi connectivity index (χ3n) is 1.83. The van der Waals surface area contributed by atoms with Crippen molar-refractivity contribution in [2.45, 2.75) is 6.92 Å². The van der Waals surface area contributed by atoms with Crippen LogP contribution in [0, 0.1) is 6.92 Å². The molecule has 0 fully saturated rings. The average Bonchev–Trinajstić information content (AvgIpc) is 2.16. The number of ether oxygens (including phenoxy) is 2. The van der Waals surface area contributed by atoms with Crippen LogP contribution in [0.2, 0.25) is 0 Å². The van der Waals surface area contributed by atoms with Crippen molar-refractivity contribution in [3.63, 3.8) is 0 Å². The highest BCUT2D eigenvalue weighted by Crippen LogP contribution is 2.22. The van der Waals surface area contributed by atoms with Crippen LogP contribution in [0.4, 0.5) is 4.79 Å². The molecule has 0 heterocycles. The molecule has 82 valence electrons. The second-order valence-corrected chi connectivity index (χ2v) is 3.45. The van der Waals surface area contributed by atoms with Crippen molar-refractivity contribution in [1.82, 2.24) is 4.90 Å². The Labute approximate surface area is 89.4 Å². The summed E-state index contributed by atoms with van der Waals surface area (Å²) in [5, 5.41) is 0. The summed E-state index contributed by atoms with van der Waals surface area (Å²) in [7, 11) is 4.84. The predicted octanol–water partition coefficient (Wildman–Crippen LogP) is 2.06. The van der Waals surface area contributed by atoms with Crippen LogP contribution in [0.25, 0.3) is 0 Å². The molecule has 0 unspecified atom stereocenters. The van der Waals surface area contributed by atoms with E-state index < -0.39 is 6.09 Å². The Kier molecular flexibility index (Phi) is 3.55. The van der Waals surface area contributed by atoms with Gasteiger partial charge in [0.2, 0.25) is 0 Å². The zero-order chi connectivity index (χ0) is 11.4. The number of rotatable bonds is 2. The Bertz CT molecular complexity index is 361. The molecule has 1 aromatic rings. The van der Waals surface area contributed by atoms with Crippen LogP contribution in [-0.2, 0) is 0 Å². The smallest absolute Gasteiger partial charge is 0.414 e. The van der Waals surface area contributed by atoms with E-state index in [1.54, 1.807) is 33.3 Å². The summed E-state index contributed by atoms with van der Waals surface area (Å²) in [5.74, 6) is 1.17. The van der Waals surface area contributed by atoms with E-state index in [0.29, 0.717) is 11.5 Å². The zero-order valence-electron chi connectivity index (χ0n) is 9.40. The highest BCUT2D eigenvalue weighted by Gasteiger charge is 2.07. The van der Waals surface area contributed by atoms with Crippen molar-refractivity contribution < 1.29 is 14.3 Å². The Morgan fingerprint density at radius 1 is 1.20 bits per heavy atom. The summed E-state index contributed by atoms with van der Waals surface area (Å²) in [4.78, 5) is 12.7. The molecule has 1 amide bonds. The number of hydrogen-bond donors (Lipinski definition) is 0. The van der Waals surface area contributed by atoms with E-state index in [4.69, 9.17) is 9.47 Å². The normalized spacial score (nSPS) is 9.60. The maximum absolute atomic E-state index is 11.3. The first-order valence-corrected chi connectivity index (χ1v) is 4.57. The summed E-state index contributed by atoms with van der Waals surface area (Å²) >= 11 is 0. The minimum absolute atomic E-state index is 0.400. The van der Waals surface area contributed by atoms with E-state index in [-0.39, 0.29) is 0 Å². The van der Waals surface area contributed by atoms with Gasteiger partial charge in [0.05, 0.1) is 7.11 Å². The van der Waals surface area contributed by atoms with Crippen molar-refractivity contribution in [1.29, 1.82) is 0 Å². The summed E-state index contributed by atoms with van der Waals surface area (Å²) in [5.41, 5.74) is 0.982. The molecule has 4 nitrogen and oxygen atoms in total. The molecule has 0 saturated heterocycles. The number of hydrogen-bond acceptors (Lipinski definition) is 3. The largest absolute Gasteiger partial charge is 0.497 e. The molecule has 0 aromatic heterocycles. The van der Waals surface area contributed by atoms with Gasteiger partial charge in [-0.15, -0.1) is 0 Å². The van der Waals surface area contributed by atoms with E-state index in [2.05, 4.69) is 0 Å². The molecule has 0 bridgehead atoms. The fourth-order valence-electron chi connectivity index (χ4n) is 1.08. The molecule has 1 rings (SSSR count). The Morgan fingerprint density at radius 2 is 1.80 bits per heavy atom. The van der Waals surface area contributed by atoms with E-state index in [9.17, 15) is 4.79 Å². The van der Waals surface area contributed by atoms with Crippen molar-refractivity contribution in [3.8, 4) is 11.5 Å². The van der Waals surface area contributed by atoms with Gasteiger partial charge in [0, 0.05) is 20.2 Å². The Hall–Kier alpha value is -1.71. The molecule has 4 heteroatoms. The highest BCUT2D eigenvalue weighted by atomic mass is 16.6. The lowest BCUT2D eigenvalue weighted by molar-refractivity contribution is 0.171. The third kappa shape index (κ3) is 3.16. The lowest BCUT2D eigenvalue weighted by Crippen LogP contribution is -2.25. The molecular weight excluding hydrogens is 194 g/mol. The minimum Gasteiger partial charge on any atom is -0.497 e. The van der Waals surface area contributed by atoms with Gasteiger partial charge in [-0.05, 0) is 24.6 Å². The fourth-order valence-corrected chi connectivity index (χ4v) is 1.08. The number of methoxy groups -OCH3 is 1. The van der Waals surface area contributed by atoms with Gasteiger partial charge in [0.15, 0.2) is 0 Å². The SMILES string of the molecule is COc1cc(C)cc(OC(=O)N(C)C)c1. The van der Waals surface area contributed by atoms with Crippen LogP contribution in [-0.4, -0.2) is 32.2 Å². The Morgan fingerprint density at radius 3 is 2.33 bits per heavy atom. The molecule has 0 saturated carbocycles. The lowest BCUT2D eigenvalue weighted by Gasteiger charge is -2.11. The summed E-state index contributed by atoms with van der Waals surface area (Å²) in [6.07, 6.45) is -0.400. The molecule has 0 spiro atoms. The second-order valence-electron chi connectivity index (χ2n) is 3.45. The average molecular weight is 209 g/mol. The number of benzene rings is 1. The van der Waals surface area contributed by atoms with Gasteiger partial charge in [-0.1, -0.05) is 0 Å². The van der Waals surface area contributed by atoms with Crippen LogP contribution in [0.1, 0.15) is 5.56 Å². The van der Waals surface area contributed by atoms with Crippen molar-refractivity contribution in [3.05, 3.63) is 23.8 Å². The van der Waals surface area contributed by atoms with Crippen molar-refractivity contribution in [2.75, 3.05) is 21.2 Å². The number of nitrogens with zero attached hydrogens (tertiary/aromatic N) is 1. The molecule has 0 atom stereocenters. The monoisotopic (exact) mass is 209 g/mol. The number of amides is 1. The Balaban J connectivity index is 2.85. The highest BCUT2D eigenvalue weighted by molar-refractivity contribution is 5.70. The second kappa shape index (κ2) is 4.68. The summed E-state index contributed by atoms with van der Waals surface area (Å²) in [6.45, 7) is 1.91. The first-order chi connectivity index (χ1) is 7.02. The molecule has 0 aliphatic heterocycles.